The summed E-state index contributed by atoms with van der Waals surface area (Å²) in [6.45, 7) is 6.22. The minimum Gasteiger partial charge on any atom is -0.487 e. The van der Waals surface area contributed by atoms with E-state index in [4.69, 9.17) is 4.74 Å². The molecule has 0 radical (unpaired) electrons. The maximum absolute atomic E-state index is 11.0. The molecule has 1 rings (SSSR count). The second-order valence-electron chi connectivity index (χ2n) is 4.19. The van der Waals surface area contributed by atoms with Crippen LogP contribution in [-0.2, 0) is 0 Å². The van der Waals surface area contributed by atoms with Gasteiger partial charge in [0.2, 0.25) is 0 Å². The maximum Gasteiger partial charge on any atom is 0.314 e. The van der Waals surface area contributed by atoms with Crippen molar-refractivity contribution in [3.05, 3.63) is 33.4 Å². The number of hydrogen-bond acceptors (Lipinski definition) is 3. The van der Waals surface area contributed by atoms with E-state index in [0.29, 0.717) is 17.9 Å². The molecular formula is C13H19NO3. The highest BCUT2D eigenvalue weighted by molar-refractivity contribution is 5.56. The van der Waals surface area contributed by atoms with Gasteiger partial charge in [-0.2, -0.15) is 0 Å². The Morgan fingerprint density at radius 1 is 1.24 bits per heavy atom. The summed E-state index contributed by atoms with van der Waals surface area (Å²) in [6, 6.07) is 3.61. The van der Waals surface area contributed by atoms with Crippen LogP contribution in [0.15, 0.2) is 12.1 Å². The van der Waals surface area contributed by atoms with Gasteiger partial charge in [0.15, 0.2) is 5.75 Å². The third-order valence-corrected chi connectivity index (χ3v) is 2.71. The van der Waals surface area contributed by atoms with Crippen LogP contribution in [0.5, 0.6) is 5.75 Å². The summed E-state index contributed by atoms with van der Waals surface area (Å²) in [4.78, 5) is 10.6. The van der Waals surface area contributed by atoms with Crippen molar-refractivity contribution < 1.29 is 9.66 Å². The van der Waals surface area contributed by atoms with E-state index in [0.717, 1.165) is 24.8 Å². The van der Waals surface area contributed by atoms with Crippen LogP contribution in [0.3, 0.4) is 0 Å². The molecule has 1 aromatic carbocycles. The summed E-state index contributed by atoms with van der Waals surface area (Å²) in [5.41, 5.74) is 1.56. The number of unbranched alkanes of at least 4 members (excludes halogenated alkanes) is 2. The molecule has 4 heteroatoms. The molecule has 0 spiro atoms. The lowest BCUT2D eigenvalue weighted by atomic mass is 10.1. The zero-order valence-corrected chi connectivity index (χ0v) is 10.7. The number of nitrogens with zero attached hydrogens (tertiary/aromatic N) is 1. The lowest BCUT2D eigenvalue weighted by molar-refractivity contribution is -0.386. The molecule has 0 fully saturated rings. The van der Waals surface area contributed by atoms with Gasteiger partial charge < -0.3 is 4.74 Å². The molecule has 0 saturated heterocycles. The van der Waals surface area contributed by atoms with E-state index in [2.05, 4.69) is 6.92 Å². The Morgan fingerprint density at radius 2 is 1.88 bits per heavy atom. The first-order valence-electron chi connectivity index (χ1n) is 5.95. The Kier molecular flexibility index (Phi) is 4.94. The first-order valence-corrected chi connectivity index (χ1v) is 5.95. The molecule has 4 nitrogen and oxygen atoms in total. The number of nitro benzene ring substituents is 1. The Balaban J connectivity index is 2.88. The van der Waals surface area contributed by atoms with E-state index < -0.39 is 0 Å². The standard InChI is InChI=1S/C13H19NO3/c1-4-5-6-9-17-13-11(3)8-7-10(2)12(13)14(15)16/h7-8H,4-6,9H2,1-3H3. The van der Waals surface area contributed by atoms with Gasteiger partial charge in [0.1, 0.15) is 0 Å². The Morgan fingerprint density at radius 3 is 2.47 bits per heavy atom. The topological polar surface area (TPSA) is 52.4 Å². The summed E-state index contributed by atoms with van der Waals surface area (Å²) < 4.78 is 5.57. The number of rotatable bonds is 6. The first-order chi connectivity index (χ1) is 8.07. The van der Waals surface area contributed by atoms with Crippen molar-refractivity contribution in [2.75, 3.05) is 6.61 Å². The van der Waals surface area contributed by atoms with Crippen molar-refractivity contribution in [1.29, 1.82) is 0 Å². The van der Waals surface area contributed by atoms with Gasteiger partial charge in [0.05, 0.1) is 11.5 Å². The van der Waals surface area contributed by atoms with E-state index >= 15 is 0 Å². The fourth-order valence-electron chi connectivity index (χ4n) is 1.71. The molecule has 0 heterocycles. The van der Waals surface area contributed by atoms with Crippen molar-refractivity contribution in [3.63, 3.8) is 0 Å². The molecule has 0 aromatic heterocycles. The van der Waals surface area contributed by atoms with Crippen molar-refractivity contribution in [2.24, 2.45) is 0 Å². The van der Waals surface area contributed by atoms with Crippen LogP contribution in [0.4, 0.5) is 5.69 Å². The summed E-state index contributed by atoms with van der Waals surface area (Å²) >= 11 is 0. The summed E-state index contributed by atoms with van der Waals surface area (Å²) in [5, 5.41) is 11.0. The van der Waals surface area contributed by atoms with E-state index in [1.165, 1.54) is 0 Å². The van der Waals surface area contributed by atoms with Gasteiger partial charge in [-0.25, -0.2) is 0 Å². The van der Waals surface area contributed by atoms with Crippen molar-refractivity contribution in [3.8, 4) is 5.75 Å². The minimum atomic E-state index is -0.364. The molecule has 0 N–H and O–H groups in total. The number of hydrogen-bond donors (Lipinski definition) is 0. The van der Waals surface area contributed by atoms with Crippen LogP contribution in [0.2, 0.25) is 0 Å². The average Bonchev–Trinajstić information content (AvgIpc) is 2.28. The molecule has 0 aliphatic rings. The maximum atomic E-state index is 11.0. The highest BCUT2D eigenvalue weighted by atomic mass is 16.6. The zero-order chi connectivity index (χ0) is 12.8. The molecule has 0 atom stereocenters. The van der Waals surface area contributed by atoms with Gasteiger partial charge in [0.25, 0.3) is 0 Å². The fourth-order valence-corrected chi connectivity index (χ4v) is 1.71. The minimum absolute atomic E-state index is 0.0986. The van der Waals surface area contributed by atoms with Gasteiger partial charge in [-0.05, 0) is 25.8 Å². The van der Waals surface area contributed by atoms with Gasteiger partial charge in [-0.15, -0.1) is 0 Å². The molecule has 0 aliphatic heterocycles. The fraction of sp³-hybridized carbons (Fsp3) is 0.538. The van der Waals surface area contributed by atoms with Crippen LogP contribution < -0.4 is 4.74 Å². The number of benzene rings is 1. The van der Waals surface area contributed by atoms with Crippen molar-refractivity contribution in [2.45, 2.75) is 40.0 Å². The molecule has 0 amide bonds. The predicted octanol–water partition coefficient (Wildman–Crippen LogP) is 3.78. The lowest BCUT2D eigenvalue weighted by Gasteiger charge is -2.10. The first kappa shape index (κ1) is 13.5. The SMILES string of the molecule is CCCCCOc1c(C)ccc(C)c1[N+](=O)[O-]. The Hall–Kier alpha value is -1.58. The third-order valence-electron chi connectivity index (χ3n) is 2.71. The smallest absolute Gasteiger partial charge is 0.314 e. The number of aryl methyl sites for hydroxylation is 2. The molecule has 17 heavy (non-hydrogen) atoms. The molecule has 0 unspecified atom stereocenters. The molecule has 0 saturated carbocycles. The highest BCUT2D eigenvalue weighted by Gasteiger charge is 2.20. The Labute approximate surface area is 102 Å². The Bertz CT molecular complexity index is 402. The van der Waals surface area contributed by atoms with E-state index in [1.807, 2.05) is 13.0 Å². The zero-order valence-electron chi connectivity index (χ0n) is 10.7. The van der Waals surface area contributed by atoms with Gasteiger partial charge in [-0.1, -0.05) is 31.9 Å². The van der Waals surface area contributed by atoms with Gasteiger partial charge in [0, 0.05) is 5.56 Å². The molecule has 1 aromatic rings. The summed E-state index contributed by atoms with van der Waals surface area (Å²) in [6.07, 6.45) is 3.12. The van der Waals surface area contributed by atoms with Gasteiger partial charge >= 0.3 is 5.69 Å². The summed E-state index contributed by atoms with van der Waals surface area (Å²) in [5.74, 6) is 0.422. The van der Waals surface area contributed by atoms with Crippen molar-refractivity contribution in [1.82, 2.24) is 0 Å². The van der Waals surface area contributed by atoms with E-state index in [1.54, 1.807) is 13.0 Å². The van der Waals surface area contributed by atoms with Crippen LogP contribution in [0.25, 0.3) is 0 Å². The second kappa shape index (κ2) is 6.23. The van der Waals surface area contributed by atoms with Crippen molar-refractivity contribution >= 4 is 5.69 Å². The molecule has 0 aliphatic carbocycles. The van der Waals surface area contributed by atoms with Crippen LogP contribution >= 0.6 is 0 Å². The third kappa shape index (κ3) is 3.44. The summed E-state index contributed by atoms with van der Waals surface area (Å²) in [7, 11) is 0. The lowest BCUT2D eigenvalue weighted by Crippen LogP contribution is -2.03. The number of nitro groups is 1. The monoisotopic (exact) mass is 237 g/mol. The van der Waals surface area contributed by atoms with Crippen LogP contribution in [0.1, 0.15) is 37.3 Å². The highest BCUT2D eigenvalue weighted by Crippen LogP contribution is 2.33. The average molecular weight is 237 g/mol. The van der Waals surface area contributed by atoms with Crippen LogP contribution in [0, 0.1) is 24.0 Å². The van der Waals surface area contributed by atoms with Crippen LogP contribution in [-0.4, -0.2) is 11.5 Å². The van der Waals surface area contributed by atoms with Gasteiger partial charge in [-0.3, -0.25) is 10.1 Å². The molecule has 0 bridgehead atoms. The normalized spacial score (nSPS) is 10.3. The quantitative estimate of drug-likeness (QED) is 0.430. The van der Waals surface area contributed by atoms with E-state index in [-0.39, 0.29) is 10.6 Å². The predicted molar refractivity (Wildman–Crippen MR) is 67.6 cm³/mol. The second-order valence-corrected chi connectivity index (χ2v) is 4.19. The molecule has 94 valence electrons. The number of ether oxygens (including phenoxy) is 1. The largest absolute Gasteiger partial charge is 0.487 e. The molecular weight excluding hydrogens is 218 g/mol. The van der Waals surface area contributed by atoms with E-state index in [9.17, 15) is 10.1 Å².